The van der Waals surface area contributed by atoms with Gasteiger partial charge in [0, 0.05) is 0 Å². The monoisotopic (exact) mass is 242 g/mol. The van der Waals surface area contributed by atoms with E-state index in [0.717, 1.165) is 25.7 Å². The number of rotatable bonds is 8. The summed E-state index contributed by atoms with van der Waals surface area (Å²) in [6.07, 6.45) is 4.03. The molecule has 0 aromatic heterocycles. The average Bonchev–Trinajstić information content (AvgIpc) is 2.23. The van der Waals surface area contributed by atoms with Crippen LogP contribution < -0.4 is 0 Å². The first kappa shape index (κ1) is 16.5. The van der Waals surface area contributed by atoms with Crippen LogP contribution in [0.25, 0.3) is 0 Å². The summed E-state index contributed by atoms with van der Waals surface area (Å²) in [5, 5.41) is 0. The van der Waals surface area contributed by atoms with Crippen LogP contribution in [0.2, 0.25) is 0 Å². The smallest absolute Gasteiger partial charge is 0.312 e. The van der Waals surface area contributed by atoms with Gasteiger partial charge in [-0.1, -0.05) is 41.0 Å². The van der Waals surface area contributed by atoms with Gasteiger partial charge in [-0.2, -0.15) is 0 Å². The van der Waals surface area contributed by atoms with Gasteiger partial charge >= 0.3 is 5.97 Å². The van der Waals surface area contributed by atoms with E-state index in [2.05, 4.69) is 34.6 Å². The molecule has 0 saturated carbocycles. The van der Waals surface area contributed by atoms with Crippen LogP contribution in [0.5, 0.6) is 0 Å². The SMILES string of the molecule is CCCC(C)(C(=O)OCCCC(C)C)C(C)C. The normalized spacial score (nSPS) is 15.1. The number of esters is 1. The highest BCUT2D eigenvalue weighted by Crippen LogP contribution is 2.33. The third-order valence-corrected chi connectivity index (χ3v) is 3.67. The van der Waals surface area contributed by atoms with E-state index in [1.54, 1.807) is 0 Å². The van der Waals surface area contributed by atoms with Crippen molar-refractivity contribution in [3.8, 4) is 0 Å². The molecule has 0 heterocycles. The topological polar surface area (TPSA) is 26.3 Å². The lowest BCUT2D eigenvalue weighted by molar-refractivity contribution is -0.158. The van der Waals surface area contributed by atoms with Gasteiger partial charge in [0.2, 0.25) is 0 Å². The second kappa shape index (κ2) is 7.73. The van der Waals surface area contributed by atoms with Crippen molar-refractivity contribution >= 4 is 5.97 Å². The third-order valence-electron chi connectivity index (χ3n) is 3.67. The van der Waals surface area contributed by atoms with Crippen molar-refractivity contribution in [1.82, 2.24) is 0 Å². The van der Waals surface area contributed by atoms with E-state index in [1.165, 1.54) is 0 Å². The number of carbonyl (C=O) groups is 1. The summed E-state index contributed by atoms with van der Waals surface area (Å²) in [5.41, 5.74) is -0.313. The van der Waals surface area contributed by atoms with Crippen molar-refractivity contribution in [2.75, 3.05) is 6.61 Å². The second-order valence-electron chi connectivity index (χ2n) is 5.99. The molecule has 0 amide bonds. The predicted molar refractivity (Wildman–Crippen MR) is 72.9 cm³/mol. The molecule has 1 atom stereocenters. The summed E-state index contributed by atoms with van der Waals surface area (Å²) in [6.45, 7) is 13.3. The van der Waals surface area contributed by atoms with Crippen LogP contribution in [0, 0.1) is 17.3 Å². The average molecular weight is 242 g/mol. The summed E-state index contributed by atoms with van der Waals surface area (Å²) in [5.74, 6) is 0.999. The fourth-order valence-corrected chi connectivity index (χ4v) is 1.97. The lowest BCUT2D eigenvalue weighted by atomic mass is 9.75. The molecule has 0 aromatic carbocycles. The van der Waals surface area contributed by atoms with Crippen molar-refractivity contribution < 1.29 is 9.53 Å². The van der Waals surface area contributed by atoms with E-state index >= 15 is 0 Å². The van der Waals surface area contributed by atoms with Crippen LogP contribution in [0.3, 0.4) is 0 Å². The van der Waals surface area contributed by atoms with E-state index in [9.17, 15) is 4.79 Å². The number of carbonyl (C=O) groups excluding carboxylic acids is 1. The van der Waals surface area contributed by atoms with E-state index < -0.39 is 0 Å². The van der Waals surface area contributed by atoms with Crippen LogP contribution in [0.15, 0.2) is 0 Å². The zero-order valence-electron chi connectivity index (χ0n) is 12.5. The van der Waals surface area contributed by atoms with Gasteiger partial charge in [0.15, 0.2) is 0 Å². The maximum atomic E-state index is 12.1. The van der Waals surface area contributed by atoms with Gasteiger partial charge in [-0.15, -0.1) is 0 Å². The summed E-state index contributed by atoms with van der Waals surface area (Å²) in [4.78, 5) is 12.1. The molecule has 0 bridgehead atoms. The van der Waals surface area contributed by atoms with Gasteiger partial charge in [-0.25, -0.2) is 0 Å². The Bertz CT molecular complexity index is 221. The molecule has 0 aliphatic rings. The summed E-state index contributed by atoms with van der Waals surface area (Å²) < 4.78 is 5.43. The van der Waals surface area contributed by atoms with Crippen molar-refractivity contribution in [2.24, 2.45) is 17.3 Å². The summed E-state index contributed by atoms with van der Waals surface area (Å²) in [7, 11) is 0. The Hall–Kier alpha value is -0.530. The van der Waals surface area contributed by atoms with Gasteiger partial charge in [0.05, 0.1) is 12.0 Å². The fraction of sp³-hybridized carbons (Fsp3) is 0.933. The van der Waals surface area contributed by atoms with Crippen LogP contribution in [-0.2, 0) is 9.53 Å². The molecule has 0 radical (unpaired) electrons. The van der Waals surface area contributed by atoms with E-state index in [0.29, 0.717) is 18.4 Å². The van der Waals surface area contributed by atoms with E-state index in [1.807, 2.05) is 6.92 Å². The Morgan fingerprint density at radius 2 is 1.82 bits per heavy atom. The number of hydrogen-bond donors (Lipinski definition) is 0. The Morgan fingerprint density at radius 1 is 1.24 bits per heavy atom. The molecule has 1 unspecified atom stereocenters. The number of hydrogen-bond acceptors (Lipinski definition) is 2. The van der Waals surface area contributed by atoms with Crippen LogP contribution >= 0.6 is 0 Å². The first-order chi connectivity index (χ1) is 7.84. The van der Waals surface area contributed by atoms with E-state index in [4.69, 9.17) is 4.74 Å². The maximum Gasteiger partial charge on any atom is 0.312 e. The third kappa shape index (κ3) is 5.56. The van der Waals surface area contributed by atoms with Crippen molar-refractivity contribution in [2.45, 2.75) is 67.2 Å². The van der Waals surface area contributed by atoms with Crippen molar-refractivity contribution in [3.63, 3.8) is 0 Å². The molecule has 0 aliphatic heterocycles. The second-order valence-corrected chi connectivity index (χ2v) is 5.99. The predicted octanol–water partition coefficient (Wildman–Crippen LogP) is 4.43. The molecule has 0 spiro atoms. The van der Waals surface area contributed by atoms with Gasteiger partial charge in [-0.05, 0) is 38.0 Å². The fourth-order valence-electron chi connectivity index (χ4n) is 1.97. The van der Waals surface area contributed by atoms with E-state index in [-0.39, 0.29) is 11.4 Å². The molecule has 0 rings (SSSR count). The highest BCUT2D eigenvalue weighted by atomic mass is 16.5. The Labute approximate surface area is 107 Å². The minimum Gasteiger partial charge on any atom is -0.465 e. The lowest BCUT2D eigenvalue weighted by Gasteiger charge is -2.31. The van der Waals surface area contributed by atoms with Gasteiger partial charge in [0.1, 0.15) is 0 Å². The number of ether oxygens (including phenoxy) is 1. The largest absolute Gasteiger partial charge is 0.465 e. The quantitative estimate of drug-likeness (QED) is 0.465. The molecule has 0 saturated heterocycles. The Balaban J connectivity index is 4.16. The molecule has 2 nitrogen and oxygen atoms in total. The summed E-state index contributed by atoms with van der Waals surface area (Å²) in [6, 6.07) is 0. The molecule has 0 fully saturated rings. The maximum absolute atomic E-state index is 12.1. The van der Waals surface area contributed by atoms with Crippen LogP contribution in [0.1, 0.15) is 67.2 Å². The van der Waals surface area contributed by atoms with Crippen molar-refractivity contribution in [3.05, 3.63) is 0 Å². The molecular formula is C15H30O2. The zero-order valence-corrected chi connectivity index (χ0v) is 12.5. The molecule has 0 N–H and O–H groups in total. The Morgan fingerprint density at radius 3 is 2.24 bits per heavy atom. The molecule has 17 heavy (non-hydrogen) atoms. The van der Waals surface area contributed by atoms with Crippen LogP contribution in [-0.4, -0.2) is 12.6 Å². The van der Waals surface area contributed by atoms with Crippen LogP contribution in [0.4, 0.5) is 0 Å². The van der Waals surface area contributed by atoms with Gasteiger partial charge < -0.3 is 4.74 Å². The molecule has 102 valence electrons. The van der Waals surface area contributed by atoms with Gasteiger partial charge in [-0.3, -0.25) is 4.79 Å². The molecule has 0 aromatic rings. The first-order valence-electron chi connectivity index (χ1n) is 7.01. The summed E-state index contributed by atoms with van der Waals surface area (Å²) >= 11 is 0. The lowest BCUT2D eigenvalue weighted by Crippen LogP contribution is -2.35. The van der Waals surface area contributed by atoms with Crippen molar-refractivity contribution in [1.29, 1.82) is 0 Å². The molecule has 0 aliphatic carbocycles. The first-order valence-corrected chi connectivity index (χ1v) is 7.01. The molecule has 2 heteroatoms. The molecular weight excluding hydrogens is 212 g/mol. The minimum atomic E-state index is -0.313. The highest BCUT2D eigenvalue weighted by molar-refractivity contribution is 5.76. The zero-order chi connectivity index (χ0) is 13.5. The highest BCUT2D eigenvalue weighted by Gasteiger charge is 2.37. The standard InChI is InChI=1S/C15H30O2/c1-7-10-15(6,13(4)5)14(16)17-11-8-9-12(2)3/h12-13H,7-11H2,1-6H3. The minimum absolute atomic E-state index is 0.0156. The van der Waals surface area contributed by atoms with Gasteiger partial charge in [0.25, 0.3) is 0 Å². The Kier molecular flexibility index (Phi) is 7.49.